The van der Waals surface area contributed by atoms with E-state index in [1.807, 2.05) is 18.2 Å². The number of alkyl halides is 3. The highest BCUT2D eigenvalue weighted by Gasteiger charge is 2.43. The topological polar surface area (TPSA) is 103 Å². The zero-order valence-electron chi connectivity index (χ0n) is 25.7. The number of piperidine rings is 1. The smallest absolute Gasteiger partial charge is 0.444 e. The van der Waals surface area contributed by atoms with Crippen molar-refractivity contribution in [2.45, 2.75) is 50.7 Å². The molecule has 0 saturated carbocycles. The number of hydrogen-bond acceptors (Lipinski definition) is 8. The third-order valence-corrected chi connectivity index (χ3v) is 9.50. The first-order valence-electron chi connectivity index (χ1n) is 15.7. The lowest BCUT2D eigenvalue weighted by Crippen LogP contribution is -2.35. The number of ether oxygens (including phenoxy) is 3. The van der Waals surface area contributed by atoms with E-state index in [4.69, 9.17) is 30.8 Å². The van der Waals surface area contributed by atoms with Crippen molar-refractivity contribution in [1.29, 1.82) is 0 Å². The molecular formula is C33H30ClF4N7O3. The molecule has 10 nitrogen and oxygen atoms in total. The SMILES string of the molecule is CC1(c2ccc(Cl)cc2F)Oc2cccc(C3CCN(Cc4nc5cc(-c6nnc(C(F)(F)F)[nH]6)cnc5n4CC4COC4)CC3)c2O1. The lowest BCUT2D eigenvalue weighted by Gasteiger charge is -2.33. The molecule has 1 N–H and O–H groups in total. The molecule has 0 amide bonds. The van der Waals surface area contributed by atoms with Crippen LogP contribution in [0.25, 0.3) is 22.6 Å². The Morgan fingerprint density at radius 1 is 1.06 bits per heavy atom. The summed E-state index contributed by atoms with van der Waals surface area (Å²) in [6, 6.07) is 12.0. The second-order valence-corrected chi connectivity index (χ2v) is 13.1. The highest BCUT2D eigenvalue weighted by molar-refractivity contribution is 6.30. The largest absolute Gasteiger partial charge is 0.451 e. The van der Waals surface area contributed by atoms with Crippen LogP contribution in [0.2, 0.25) is 5.02 Å². The number of imidazole rings is 1. The molecule has 48 heavy (non-hydrogen) atoms. The third-order valence-electron chi connectivity index (χ3n) is 9.26. The summed E-state index contributed by atoms with van der Waals surface area (Å²) in [6.07, 6.45) is -1.42. The number of nitrogens with zero attached hydrogens (tertiary/aromatic N) is 6. The molecule has 2 saturated heterocycles. The van der Waals surface area contributed by atoms with E-state index < -0.39 is 23.6 Å². The number of pyridine rings is 1. The van der Waals surface area contributed by atoms with Crippen LogP contribution < -0.4 is 9.47 Å². The van der Waals surface area contributed by atoms with Crippen LogP contribution in [-0.2, 0) is 29.8 Å². The van der Waals surface area contributed by atoms with E-state index >= 15 is 0 Å². The molecule has 15 heteroatoms. The molecule has 3 aromatic heterocycles. The van der Waals surface area contributed by atoms with Gasteiger partial charge in [-0.15, -0.1) is 10.2 Å². The van der Waals surface area contributed by atoms with Gasteiger partial charge in [0.05, 0.1) is 25.3 Å². The Hall–Kier alpha value is -4.27. The average Bonchev–Trinajstić information content (AvgIpc) is 3.74. The van der Waals surface area contributed by atoms with Crippen molar-refractivity contribution in [2.75, 3.05) is 26.3 Å². The van der Waals surface area contributed by atoms with Gasteiger partial charge in [0.15, 0.2) is 23.0 Å². The molecule has 6 heterocycles. The Morgan fingerprint density at radius 3 is 2.58 bits per heavy atom. The summed E-state index contributed by atoms with van der Waals surface area (Å²) >= 11 is 5.97. The highest BCUT2D eigenvalue weighted by Crippen LogP contribution is 2.50. The number of H-pyrrole nitrogens is 1. The van der Waals surface area contributed by atoms with Crippen molar-refractivity contribution in [1.82, 2.24) is 34.6 Å². The molecule has 0 aliphatic carbocycles. The normalized spacial score (nSPS) is 20.5. The van der Waals surface area contributed by atoms with Gasteiger partial charge in [0, 0.05) is 41.7 Å². The maximum Gasteiger partial charge on any atom is 0.451 e. The Bertz CT molecular complexity index is 2010. The molecule has 0 spiro atoms. The fourth-order valence-corrected chi connectivity index (χ4v) is 6.87. The van der Waals surface area contributed by atoms with Crippen molar-refractivity contribution in [2.24, 2.45) is 5.92 Å². The minimum atomic E-state index is -4.63. The van der Waals surface area contributed by atoms with E-state index in [1.165, 1.54) is 12.3 Å². The van der Waals surface area contributed by atoms with E-state index in [0.29, 0.717) is 65.5 Å². The van der Waals surface area contributed by atoms with E-state index in [2.05, 4.69) is 29.6 Å². The Morgan fingerprint density at radius 2 is 1.88 bits per heavy atom. The van der Waals surface area contributed by atoms with Crippen LogP contribution in [-0.4, -0.2) is 60.9 Å². The lowest BCUT2D eigenvalue weighted by molar-refractivity contribution is -0.144. The fraction of sp³-hybridized carbons (Fsp3) is 0.394. The van der Waals surface area contributed by atoms with E-state index in [9.17, 15) is 17.6 Å². The zero-order chi connectivity index (χ0) is 33.2. The lowest BCUT2D eigenvalue weighted by atomic mass is 9.88. The summed E-state index contributed by atoms with van der Waals surface area (Å²) in [7, 11) is 0. The summed E-state index contributed by atoms with van der Waals surface area (Å²) in [6.45, 7) is 5.85. The molecule has 5 aromatic rings. The van der Waals surface area contributed by atoms with Gasteiger partial charge >= 0.3 is 6.18 Å². The van der Waals surface area contributed by atoms with E-state index in [0.717, 1.165) is 37.3 Å². The van der Waals surface area contributed by atoms with Crippen LogP contribution in [0.5, 0.6) is 11.5 Å². The molecular weight excluding hydrogens is 654 g/mol. The minimum absolute atomic E-state index is 0.0253. The minimum Gasteiger partial charge on any atom is -0.444 e. The summed E-state index contributed by atoms with van der Waals surface area (Å²) in [5, 5.41) is 7.21. The molecule has 0 bridgehead atoms. The monoisotopic (exact) mass is 683 g/mol. The van der Waals surface area contributed by atoms with Gasteiger partial charge in [0.1, 0.15) is 17.2 Å². The number of likely N-dealkylation sites (tertiary alicyclic amines) is 1. The predicted octanol–water partition coefficient (Wildman–Crippen LogP) is 6.70. The number of para-hydroxylation sites is 1. The molecule has 3 aliphatic heterocycles. The Labute approximate surface area is 277 Å². The van der Waals surface area contributed by atoms with Gasteiger partial charge in [0.2, 0.25) is 5.82 Å². The fourth-order valence-electron chi connectivity index (χ4n) is 6.71. The molecule has 1 unspecified atom stereocenters. The maximum absolute atomic E-state index is 14.9. The summed E-state index contributed by atoms with van der Waals surface area (Å²) in [5.41, 5.74) is 2.89. The number of aromatic nitrogens is 6. The maximum atomic E-state index is 14.9. The molecule has 2 aromatic carbocycles. The van der Waals surface area contributed by atoms with Gasteiger partial charge in [-0.25, -0.2) is 14.4 Å². The van der Waals surface area contributed by atoms with Crippen LogP contribution in [0, 0.1) is 11.7 Å². The van der Waals surface area contributed by atoms with E-state index in [-0.39, 0.29) is 17.3 Å². The number of rotatable bonds is 7. The second kappa shape index (κ2) is 11.7. The van der Waals surface area contributed by atoms with Gasteiger partial charge in [-0.3, -0.25) is 4.90 Å². The Kier molecular flexibility index (Phi) is 7.57. The number of benzene rings is 2. The zero-order valence-corrected chi connectivity index (χ0v) is 26.5. The second-order valence-electron chi connectivity index (χ2n) is 12.6. The van der Waals surface area contributed by atoms with Crippen molar-refractivity contribution in [3.63, 3.8) is 0 Å². The number of hydrogen-bond donors (Lipinski definition) is 1. The van der Waals surface area contributed by atoms with Crippen LogP contribution in [0.3, 0.4) is 0 Å². The molecule has 3 aliphatic rings. The van der Waals surface area contributed by atoms with Gasteiger partial charge < -0.3 is 23.8 Å². The molecule has 2 fully saturated rings. The molecule has 250 valence electrons. The first-order valence-corrected chi connectivity index (χ1v) is 16.0. The average molecular weight is 684 g/mol. The number of aromatic amines is 1. The molecule has 8 rings (SSSR count). The summed E-state index contributed by atoms with van der Waals surface area (Å²) in [5.74, 6) is -0.442. The summed E-state index contributed by atoms with van der Waals surface area (Å²) in [4.78, 5) is 14.1. The number of nitrogens with one attached hydrogen (secondary N) is 1. The Balaban J connectivity index is 0.998. The van der Waals surface area contributed by atoms with Crippen LogP contribution >= 0.6 is 11.6 Å². The van der Waals surface area contributed by atoms with Gasteiger partial charge in [-0.2, -0.15) is 13.2 Å². The number of fused-ring (bicyclic) bond motifs is 2. The molecule has 1 atom stereocenters. The van der Waals surface area contributed by atoms with Crippen molar-refractivity contribution in [3.05, 3.63) is 82.3 Å². The standard InChI is InChI=1S/C33H30ClF4N7O3/c1-32(23-6-5-21(34)12-24(23)35)47-26-4-2-3-22(28(26)48-32)19-7-9-44(10-8-19)15-27-40-25-11-20(29-41-31(43-42-29)33(36,37)38)13-39-30(25)45(27)14-18-16-46-17-18/h2-6,11-13,18-19H,7-10,14-17H2,1H3,(H,41,42,43). The van der Waals surface area contributed by atoms with Crippen molar-refractivity contribution < 1.29 is 31.8 Å². The predicted molar refractivity (Wildman–Crippen MR) is 166 cm³/mol. The summed E-state index contributed by atoms with van der Waals surface area (Å²) < 4.78 is 74.2. The molecule has 0 radical (unpaired) electrons. The van der Waals surface area contributed by atoms with Gasteiger partial charge in [0.25, 0.3) is 5.79 Å². The van der Waals surface area contributed by atoms with Gasteiger partial charge in [-0.05, 0) is 62.2 Å². The van der Waals surface area contributed by atoms with Crippen molar-refractivity contribution in [3.8, 4) is 22.9 Å². The number of halogens is 5. The van der Waals surface area contributed by atoms with Crippen LogP contribution in [0.4, 0.5) is 17.6 Å². The third kappa shape index (κ3) is 5.65. The van der Waals surface area contributed by atoms with Gasteiger partial charge in [-0.1, -0.05) is 23.7 Å². The highest BCUT2D eigenvalue weighted by atomic mass is 35.5. The van der Waals surface area contributed by atoms with Crippen molar-refractivity contribution >= 4 is 22.8 Å². The van der Waals surface area contributed by atoms with Crippen LogP contribution in [0.15, 0.2) is 48.7 Å². The van der Waals surface area contributed by atoms with Crippen LogP contribution in [0.1, 0.15) is 48.5 Å². The first kappa shape index (κ1) is 31.0. The first-order chi connectivity index (χ1) is 23.0. The van der Waals surface area contributed by atoms with E-state index in [1.54, 1.807) is 25.1 Å². The quantitative estimate of drug-likeness (QED) is 0.189.